The summed E-state index contributed by atoms with van der Waals surface area (Å²) < 4.78 is 0. The van der Waals surface area contributed by atoms with Crippen molar-refractivity contribution in [1.82, 2.24) is 10.2 Å². The Balaban J connectivity index is 2.37. The van der Waals surface area contributed by atoms with Gasteiger partial charge in [0.2, 0.25) is 0 Å². The maximum atomic E-state index is 11.2. The van der Waals surface area contributed by atoms with Crippen LogP contribution in [0.5, 0.6) is 0 Å². The standard InChI is InChI=1S/C8H17BrN2O3Si/c1-2-7(15(9,13)14)3-5-11-6-4-10-8(11)12/h7,13-14H,2-6H2,1H3,(H,10,12). The predicted molar refractivity (Wildman–Crippen MR) is 62.7 cm³/mol. The second-order valence-electron chi connectivity index (χ2n) is 3.75. The first-order valence-corrected chi connectivity index (χ1v) is 9.34. The molecule has 1 atom stereocenters. The van der Waals surface area contributed by atoms with Crippen molar-refractivity contribution in [3.05, 3.63) is 0 Å². The van der Waals surface area contributed by atoms with E-state index in [-0.39, 0.29) is 11.6 Å². The highest BCUT2D eigenvalue weighted by Crippen LogP contribution is 2.29. The SMILES string of the molecule is CCC(CCN1CCNC1=O)[Si](O)(O)Br. The third kappa shape index (κ3) is 3.75. The molecule has 0 saturated carbocycles. The lowest BCUT2D eigenvalue weighted by Crippen LogP contribution is -2.36. The van der Waals surface area contributed by atoms with Gasteiger partial charge in [0.25, 0.3) is 0 Å². The molecule has 1 aliphatic rings. The summed E-state index contributed by atoms with van der Waals surface area (Å²) in [6.07, 6.45) is 1.34. The van der Waals surface area contributed by atoms with Gasteiger partial charge in [0.15, 0.2) is 0 Å². The van der Waals surface area contributed by atoms with Crippen LogP contribution in [0.3, 0.4) is 0 Å². The second kappa shape index (κ2) is 5.29. The van der Waals surface area contributed by atoms with Crippen molar-refractivity contribution in [2.75, 3.05) is 19.6 Å². The molecule has 0 bridgehead atoms. The second-order valence-corrected chi connectivity index (χ2v) is 9.34. The molecule has 0 aromatic rings. The van der Waals surface area contributed by atoms with Crippen molar-refractivity contribution in [2.24, 2.45) is 0 Å². The predicted octanol–water partition coefficient (Wildman–Crippen LogP) is 0.500. The minimum absolute atomic E-state index is 0.0532. The maximum absolute atomic E-state index is 11.2. The van der Waals surface area contributed by atoms with Crippen LogP contribution in [0.25, 0.3) is 0 Å². The summed E-state index contributed by atoms with van der Waals surface area (Å²) in [7, 11) is -3.23. The molecule has 2 amide bonds. The van der Waals surface area contributed by atoms with Crippen LogP contribution in [0, 0.1) is 0 Å². The average Bonchev–Trinajstić information content (AvgIpc) is 2.50. The Morgan fingerprint density at radius 3 is 2.73 bits per heavy atom. The first kappa shape index (κ1) is 13.0. The van der Waals surface area contributed by atoms with Crippen LogP contribution < -0.4 is 5.32 Å². The van der Waals surface area contributed by atoms with E-state index in [0.29, 0.717) is 32.5 Å². The fraction of sp³-hybridized carbons (Fsp3) is 0.875. The Kier molecular flexibility index (Phi) is 4.57. The molecule has 7 heteroatoms. The van der Waals surface area contributed by atoms with Crippen LogP contribution in [0.1, 0.15) is 19.8 Å². The van der Waals surface area contributed by atoms with Gasteiger partial charge in [-0.05, 0) is 6.42 Å². The summed E-state index contributed by atoms with van der Waals surface area (Å²) in [5, 5.41) is 2.71. The zero-order valence-electron chi connectivity index (χ0n) is 8.74. The van der Waals surface area contributed by atoms with Crippen molar-refractivity contribution in [3.63, 3.8) is 0 Å². The summed E-state index contributed by atoms with van der Waals surface area (Å²) in [6, 6.07) is -0.0532. The fourth-order valence-electron chi connectivity index (χ4n) is 1.68. The molecule has 0 aromatic carbocycles. The lowest BCUT2D eigenvalue weighted by molar-refractivity contribution is 0.215. The molecule has 88 valence electrons. The van der Waals surface area contributed by atoms with E-state index in [0.717, 1.165) is 0 Å². The monoisotopic (exact) mass is 296 g/mol. The van der Waals surface area contributed by atoms with Gasteiger partial charge in [0.05, 0.1) is 0 Å². The van der Waals surface area contributed by atoms with Crippen molar-refractivity contribution < 1.29 is 14.4 Å². The third-order valence-electron chi connectivity index (χ3n) is 2.70. The van der Waals surface area contributed by atoms with Crippen LogP contribution in [0.2, 0.25) is 5.54 Å². The van der Waals surface area contributed by atoms with E-state index in [1.54, 1.807) is 4.90 Å². The molecule has 5 nitrogen and oxygen atoms in total. The van der Waals surface area contributed by atoms with Gasteiger partial charge in [-0.1, -0.05) is 28.6 Å². The lowest BCUT2D eigenvalue weighted by atomic mass is 10.2. The largest absolute Gasteiger partial charge is 0.412 e. The fourth-order valence-corrected chi connectivity index (χ4v) is 4.36. The van der Waals surface area contributed by atoms with Gasteiger partial charge >= 0.3 is 13.2 Å². The number of nitrogens with one attached hydrogen (secondary N) is 1. The molecule has 1 saturated heterocycles. The van der Waals surface area contributed by atoms with E-state index in [4.69, 9.17) is 0 Å². The molecular formula is C8H17BrN2O3Si. The Morgan fingerprint density at radius 1 is 1.67 bits per heavy atom. The van der Waals surface area contributed by atoms with Gasteiger partial charge < -0.3 is 19.8 Å². The first-order valence-electron chi connectivity index (χ1n) is 5.11. The van der Waals surface area contributed by atoms with Gasteiger partial charge in [0.1, 0.15) is 0 Å². The number of amides is 2. The molecule has 1 rings (SSSR count). The van der Waals surface area contributed by atoms with Gasteiger partial charge in [-0.15, -0.1) is 0 Å². The Bertz CT molecular complexity index is 234. The van der Waals surface area contributed by atoms with Crippen LogP contribution in [-0.2, 0) is 0 Å². The van der Waals surface area contributed by atoms with E-state index in [1.165, 1.54) is 0 Å². The summed E-state index contributed by atoms with van der Waals surface area (Å²) in [5.41, 5.74) is -0.133. The number of rotatable bonds is 5. The zero-order valence-corrected chi connectivity index (χ0v) is 11.3. The molecule has 0 aliphatic carbocycles. The Morgan fingerprint density at radius 2 is 2.33 bits per heavy atom. The normalized spacial score (nSPS) is 19.2. The van der Waals surface area contributed by atoms with E-state index >= 15 is 0 Å². The Hall–Kier alpha value is -0.113. The molecule has 1 aliphatic heterocycles. The molecule has 15 heavy (non-hydrogen) atoms. The lowest BCUT2D eigenvalue weighted by Gasteiger charge is -2.23. The molecule has 1 unspecified atom stereocenters. The number of hydrogen-bond acceptors (Lipinski definition) is 3. The highest BCUT2D eigenvalue weighted by Gasteiger charge is 2.36. The van der Waals surface area contributed by atoms with Gasteiger partial charge in [-0.3, -0.25) is 0 Å². The van der Waals surface area contributed by atoms with E-state index in [2.05, 4.69) is 20.6 Å². The first-order chi connectivity index (χ1) is 6.95. The highest BCUT2D eigenvalue weighted by atomic mass is 79.9. The van der Waals surface area contributed by atoms with Crippen LogP contribution >= 0.6 is 15.3 Å². The van der Waals surface area contributed by atoms with E-state index in [1.807, 2.05) is 6.92 Å². The number of carbonyl (C=O) groups is 1. The van der Waals surface area contributed by atoms with Gasteiger partial charge in [-0.25, -0.2) is 4.79 Å². The van der Waals surface area contributed by atoms with Crippen molar-refractivity contribution in [2.45, 2.75) is 25.3 Å². The third-order valence-corrected chi connectivity index (χ3v) is 6.38. The molecule has 1 heterocycles. The van der Waals surface area contributed by atoms with Crippen molar-refractivity contribution in [3.8, 4) is 0 Å². The molecule has 0 aromatic heterocycles. The number of halogens is 1. The minimum Gasteiger partial charge on any atom is -0.403 e. The summed E-state index contributed by atoms with van der Waals surface area (Å²) >= 11 is 2.96. The summed E-state index contributed by atoms with van der Waals surface area (Å²) in [4.78, 5) is 31.9. The molecule has 0 radical (unpaired) electrons. The van der Waals surface area contributed by atoms with Gasteiger partial charge in [0, 0.05) is 25.2 Å². The minimum atomic E-state index is -3.23. The molecular weight excluding hydrogens is 280 g/mol. The van der Waals surface area contributed by atoms with Crippen LogP contribution in [0.4, 0.5) is 4.79 Å². The van der Waals surface area contributed by atoms with E-state index < -0.39 is 7.18 Å². The number of nitrogens with zero attached hydrogens (tertiary/aromatic N) is 1. The van der Waals surface area contributed by atoms with E-state index in [9.17, 15) is 14.4 Å². The van der Waals surface area contributed by atoms with Crippen molar-refractivity contribution >= 4 is 28.5 Å². The van der Waals surface area contributed by atoms with Crippen LogP contribution in [0.15, 0.2) is 0 Å². The van der Waals surface area contributed by atoms with Gasteiger partial charge in [-0.2, -0.15) is 0 Å². The number of hydrogen-bond donors (Lipinski definition) is 3. The van der Waals surface area contributed by atoms with Crippen molar-refractivity contribution in [1.29, 1.82) is 0 Å². The topological polar surface area (TPSA) is 72.8 Å². The zero-order chi connectivity index (χ0) is 11.5. The quantitative estimate of drug-likeness (QED) is 0.511. The molecule has 1 fully saturated rings. The maximum Gasteiger partial charge on any atom is 0.412 e. The summed E-state index contributed by atoms with van der Waals surface area (Å²) in [6.45, 7) is 3.91. The smallest absolute Gasteiger partial charge is 0.403 e. The average molecular weight is 297 g/mol. The Labute approximate surface area is 98.3 Å². The number of urea groups is 1. The molecule has 0 spiro atoms. The van der Waals surface area contributed by atoms with Crippen LogP contribution in [-0.4, -0.2) is 47.3 Å². The number of carbonyl (C=O) groups excluding carboxylic acids is 1. The summed E-state index contributed by atoms with van der Waals surface area (Å²) in [5.74, 6) is 0. The molecule has 3 N–H and O–H groups in total. The highest BCUT2D eigenvalue weighted by molar-refractivity contribution is 9.25.